The topological polar surface area (TPSA) is 17.0 Å². The number of benzene rings is 1. The van der Waals surface area contributed by atoms with Gasteiger partial charge < -0.3 is 9.88 Å². The van der Waals surface area contributed by atoms with Crippen molar-refractivity contribution in [3.8, 4) is 0 Å². The minimum Gasteiger partial charge on any atom is -0.347 e. The molecular formula is C17H26N2. The van der Waals surface area contributed by atoms with Gasteiger partial charge >= 0.3 is 0 Å². The molecule has 0 bridgehead atoms. The molecule has 1 N–H and O–H groups in total. The number of para-hydroxylation sites is 1. The summed E-state index contributed by atoms with van der Waals surface area (Å²) in [6.45, 7) is 11.0. The van der Waals surface area contributed by atoms with Crippen LogP contribution in [0.1, 0.15) is 39.7 Å². The summed E-state index contributed by atoms with van der Waals surface area (Å²) in [5, 5.41) is 4.98. The zero-order chi connectivity index (χ0) is 13.9. The second-order valence-electron chi connectivity index (χ2n) is 6.29. The standard InChI is InChI=1S/C17H26N2/c1-5-12-19-13-14(10-11-18-17(2,3)4)15-8-6-7-9-16(15)19/h6-9,13,18H,5,10-12H2,1-4H3. The third-order valence-electron chi connectivity index (χ3n) is 3.39. The summed E-state index contributed by atoms with van der Waals surface area (Å²) in [4.78, 5) is 0. The highest BCUT2D eigenvalue weighted by Gasteiger charge is 2.10. The minimum absolute atomic E-state index is 0.196. The molecule has 2 heteroatoms. The zero-order valence-electron chi connectivity index (χ0n) is 12.7. The van der Waals surface area contributed by atoms with Crippen LogP contribution in [-0.4, -0.2) is 16.7 Å². The summed E-state index contributed by atoms with van der Waals surface area (Å²) in [6, 6.07) is 8.74. The van der Waals surface area contributed by atoms with E-state index >= 15 is 0 Å². The largest absolute Gasteiger partial charge is 0.347 e. The van der Waals surface area contributed by atoms with E-state index < -0.39 is 0 Å². The van der Waals surface area contributed by atoms with Crippen molar-refractivity contribution >= 4 is 10.9 Å². The van der Waals surface area contributed by atoms with Crippen LogP contribution in [-0.2, 0) is 13.0 Å². The first-order chi connectivity index (χ1) is 9.01. The molecule has 0 unspecified atom stereocenters. The molecule has 0 aliphatic carbocycles. The molecule has 2 aromatic rings. The number of aromatic nitrogens is 1. The summed E-state index contributed by atoms with van der Waals surface area (Å²) < 4.78 is 2.39. The molecule has 1 heterocycles. The molecular weight excluding hydrogens is 232 g/mol. The van der Waals surface area contributed by atoms with Crippen molar-refractivity contribution in [1.29, 1.82) is 0 Å². The lowest BCUT2D eigenvalue weighted by Crippen LogP contribution is -2.37. The van der Waals surface area contributed by atoms with Gasteiger partial charge in [-0.3, -0.25) is 0 Å². The Morgan fingerprint density at radius 3 is 2.58 bits per heavy atom. The Hall–Kier alpha value is -1.28. The maximum absolute atomic E-state index is 3.57. The maximum Gasteiger partial charge on any atom is 0.0483 e. The number of hydrogen-bond donors (Lipinski definition) is 1. The van der Waals surface area contributed by atoms with Gasteiger partial charge in [0.05, 0.1) is 0 Å². The van der Waals surface area contributed by atoms with Crippen molar-refractivity contribution in [1.82, 2.24) is 9.88 Å². The highest BCUT2D eigenvalue weighted by Crippen LogP contribution is 2.22. The number of nitrogens with one attached hydrogen (secondary N) is 1. The van der Waals surface area contributed by atoms with E-state index in [0.717, 1.165) is 19.5 Å². The van der Waals surface area contributed by atoms with Crippen LogP contribution in [0.2, 0.25) is 0 Å². The molecule has 2 nitrogen and oxygen atoms in total. The van der Waals surface area contributed by atoms with Crippen LogP contribution in [0.3, 0.4) is 0 Å². The predicted molar refractivity (Wildman–Crippen MR) is 83.7 cm³/mol. The lowest BCUT2D eigenvalue weighted by Gasteiger charge is -2.20. The predicted octanol–water partition coefficient (Wildman–Crippen LogP) is 3.98. The number of nitrogens with zero attached hydrogens (tertiary/aromatic N) is 1. The molecule has 0 saturated heterocycles. The molecule has 0 saturated carbocycles. The van der Waals surface area contributed by atoms with Crippen LogP contribution in [0.15, 0.2) is 30.5 Å². The van der Waals surface area contributed by atoms with Crippen molar-refractivity contribution in [2.45, 2.75) is 52.6 Å². The van der Waals surface area contributed by atoms with Gasteiger partial charge in [0.25, 0.3) is 0 Å². The van der Waals surface area contributed by atoms with Gasteiger partial charge in [-0.2, -0.15) is 0 Å². The summed E-state index contributed by atoms with van der Waals surface area (Å²) in [6.07, 6.45) is 4.60. The van der Waals surface area contributed by atoms with Crippen molar-refractivity contribution in [2.24, 2.45) is 0 Å². The Morgan fingerprint density at radius 2 is 1.89 bits per heavy atom. The molecule has 0 amide bonds. The van der Waals surface area contributed by atoms with Gasteiger partial charge in [-0.1, -0.05) is 25.1 Å². The van der Waals surface area contributed by atoms with Gasteiger partial charge in [0, 0.05) is 29.2 Å². The van der Waals surface area contributed by atoms with Crippen molar-refractivity contribution < 1.29 is 0 Å². The lowest BCUT2D eigenvalue weighted by atomic mass is 10.1. The van der Waals surface area contributed by atoms with E-state index in [-0.39, 0.29) is 5.54 Å². The first kappa shape index (κ1) is 14.1. The molecule has 0 atom stereocenters. The SMILES string of the molecule is CCCn1cc(CCNC(C)(C)C)c2ccccc21. The van der Waals surface area contributed by atoms with E-state index in [2.05, 4.69) is 68.0 Å². The molecule has 0 fully saturated rings. The summed E-state index contributed by atoms with van der Waals surface area (Å²) in [5.41, 5.74) is 3.03. The van der Waals surface area contributed by atoms with Crippen LogP contribution < -0.4 is 5.32 Å². The highest BCUT2D eigenvalue weighted by atomic mass is 15.0. The highest BCUT2D eigenvalue weighted by molar-refractivity contribution is 5.84. The average Bonchev–Trinajstić information content (AvgIpc) is 2.68. The Balaban J connectivity index is 2.18. The second-order valence-corrected chi connectivity index (χ2v) is 6.29. The van der Waals surface area contributed by atoms with Gasteiger partial charge in [-0.05, 0) is 51.8 Å². The van der Waals surface area contributed by atoms with Crippen LogP contribution in [0.5, 0.6) is 0 Å². The van der Waals surface area contributed by atoms with Crippen LogP contribution in [0, 0.1) is 0 Å². The van der Waals surface area contributed by atoms with E-state index in [9.17, 15) is 0 Å². The fourth-order valence-corrected chi connectivity index (χ4v) is 2.52. The van der Waals surface area contributed by atoms with Gasteiger partial charge in [0.15, 0.2) is 0 Å². The molecule has 0 spiro atoms. The molecule has 0 radical (unpaired) electrons. The third-order valence-corrected chi connectivity index (χ3v) is 3.39. The number of hydrogen-bond acceptors (Lipinski definition) is 1. The molecule has 2 rings (SSSR count). The van der Waals surface area contributed by atoms with E-state index in [1.165, 1.54) is 22.9 Å². The van der Waals surface area contributed by atoms with E-state index in [4.69, 9.17) is 0 Å². The molecule has 0 aliphatic rings. The summed E-state index contributed by atoms with van der Waals surface area (Å²) >= 11 is 0. The number of fused-ring (bicyclic) bond motifs is 1. The molecule has 19 heavy (non-hydrogen) atoms. The number of aryl methyl sites for hydroxylation is 1. The Labute approximate surface area is 116 Å². The average molecular weight is 258 g/mol. The monoisotopic (exact) mass is 258 g/mol. The Morgan fingerprint density at radius 1 is 1.16 bits per heavy atom. The Bertz CT molecular complexity index is 532. The zero-order valence-corrected chi connectivity index (χ0v) is 12.7. The van der Waals surface area contributed by atoms with Crippen LogP contribution >= 0.6 is 0 Å². The first-order valence-electron chi connectivity index (χ1n) is 7.33. The number of rotatable bonds is 5. The normalized spacial score (nSPS) is 12.2. The third kappa shape index (κ3) is 3.60. The Kier molecular flexibility index (Phi) is 4.31. The smallest absolute Gasteiger partial charge is 0.0483 e. The molecule has 1 aromatic heterocycles. The van der Waals surface area contributed by atoms with Crippen molar-refractivity contribution in [3.63, 3.8) is 0 Å². The first-order valence-corrected chi connectivity index (χ1v) is 7.33. The van der Waals surface area contributed by atoms with Crippen LogP contribution in [0.25, 0.3) is 10.9 Å². The quantitative estimate of drug-likeness (QED) is 0.858. The molecule has 1 aromatic carbocycles. The van der Waals surface area contributed by atoms with E-state index in [1.54, 1.807) is 0 Å². The lowest BCUT2D eigenvalue weighted by molar-refractivity contribution is 0.429. The van der Waals surface area contributed by atoms with Gasteiger partial charge in [-0.15, -0.1) is 0 Å². The second kappa shape index (κ2) is 5.79. The maximum atomic E-state index is 3.57. The van der Waals surface area contributed by atoms with Gasteiger partial charge in [0.2, 0.25) is 0 Å². The molecule has 0 aliphatic heterocycles. The fraction of sp³-hybridized carbons (Fsp3) is 0.529. The van der Waals surface area contributed by atoms with Crippen molar-refractivity contribution in [3.05, 3.63) is 36.0 Å². The van der Waals surface area contributed by atoms with Crippen molar-refractivity contribution in [2.75, 3.05) is 6.54 Å². The molecule has 104 valence electrons. The summed E-state index contributed by atoms with van der Waals surface area (Å²) in [7, 11) is 0. The fourth-order valence-electron chi connectivity index (χ4n) is 2.52. The summed E-state index contributed by atoms with van der Waals surface area (Å²) in [5.74, 6) is 0. The van der Waals surface area contributed by atoms with Gasteiger partial charge in [-0.25, -0.2) is 0 Å². The van der Waals surface area contributed by atoms with E-state index in [0.29, 0.717) is 0 Å². The van der Waals surface area contributed by atoms with Gasteiger partial charge in [0.1, 0.15) is 0 Å². The van der Waals surface area contributed by atoms with Crippen LogP contribution in [0.4, 0.5) is 0 Å². The minimum atomic E-state index is 0.196. The van der Waals surface area contributed by atoms with E-state index in [1.807, 2.05) is 0 Å².